The molecule has 1 saturated heterocycles. The van der Waals surface area contributed by atoms with Gasteiger partial charge in [0.05, 0.1) is 4.90 Å². The van der Waals surface area contributed by atoms with E-state index >= 15 is 0 Å². The Kier molecular flexibility index (Phi) is 5.74. The van der Waals surface area contributed by atoms with Crippen molar-refractivity contribution in [1.29, 1.82) is 0 Å². The van der Waals surface area contributed by atoms with Crippen molar-refractivity contribution in [3.63, 3.8) is 0 Å². The first kappa shape index (κ1) is 18.6. The van der Waals surface area contributed by atoms with Crippen LogP contribution in [0.1, 0.15) is 35.2 Å². The lowest BCUT2D eigenvalue weighted by atomic mass is 9.90. The van der Waals surface area contributed by atoms with Crippen LogP contribution in [0.25, 0.3) is 0 Å². The molecule has 1 aliphatic rings. The Hall–Kier alpha value is -2.18. The van der Waals surface area contributed by atoms with Gasteiger partial charge in [0, 0.05) is 18.7 Å². The summed E-state index contributed by atoms with van der Waals surface area (Å²) in [5, 5.41) is 5.09. The van der Waals surface area contributed by atoms with Gasteiger partial charge in [0.2, 0.25) is 10.0 Å². The summed E-state index contributed by atoms with van der Waals surface area (Å²) in [6.07, 6.45) is 4.24. The van der Waals surface area contributed by atoms with Crippen LogP contribution in [0, 0.1) is 5.92 Å². The number of carbonyl (C=O) groups excluding carboxylic acids is 1. The van der Waals surface area contributed by atoms with Crippen LogP contribution in [0.4, 0.5) is 0 Å². The maximum Gasteiger partial charge on any atom is 0.253 e. The van der Waals surface area contributed by atoms with E-state index in [2.05, 4.69) is 24.3 Å². The van der Waals surface area contributed by atoms with Gasteiger partial charge >= 0.3 is 0 Å². The second-order valence-corrected chi connectivity index (χ2v) is 8.39. The van der Waals surface area contributed by atoms with Crippen molar-refractivity contribution in [3.8, 4) is 0 Å². The van der Waals surface area contributed by atoms with E-state index in [0.717, 1.165) is 38.8 Å². The van der Waals surface area contributed by atoms with Crippen molar-refractivity contribution in [2.24, 2.45) is 11.1 Å². The Labute approximate surface area is 154 Å². The number of likely N-dealkylation sites (tertiary alicyclic amines) is 1. The van der Waals surface area contributed by atoms with Crippen molar-refractivity contribution in [2.45, 2.75) is 30.6 Å². The first-order valence-corrected chi connectivity index (χ1v) is 10.4. The highest BCUT2D eigenvalue weighted by Gasteiger charge is 2.23. The van der Waals surface area contributed by atoms with Crippen molar-refractivity contribution in [3.05, 3.63) is 65.7 Å². The zero-order chi connectivity index (χ0) is 18.6. The maximum atomic E-state index is 12.6. The number of carbonyl (C=O) groups is 1. The quantitative estimate of drug-likeness (QED) is 0.876. The number of aryl methyl sites for hydroxylation is 1. The van der Waals surface area contributed by atoms with Gasteiger partial charge in [-0.2, -0.15) is 0 Å². The number of nitrogens with two attached hydrogens (primary N) is 1. The molecule has 0 aliphatic carbocycles. The molecule has 0 unspecified atom stereocenters. The molecule has 1 aliphatic heterocycles. The highest BCUT2D eigenvalue weighted by atomic mass is 32.2. The number of sulfonamides is 1. The molecule has 1 heterocycles. The molecule has 0 radical (unpaired) electrons. The number of rotatable bonds is 5. The largest absolute Gasteiger partial charge is 0.339 e. The van der Waals surface area contributed by atoms with Gasteiger partial charge in [-0.05, 0) is 61.4 Å². The second kappa shape index (κ2) is 8.01. The maximum absolute atomic E-state index is 12.6. The van der Waals surface area contributed by atoms with E-state index in [0.29, 0.717) is 11.5 Å². The van der Waals surface area contributed by atoms with Crippen LogP contribution in [0.2, 0.25) is 0 Å². The van der Waals surface area contributed by atoms with Gasteiger partial charge in [0.1, 0.15) is 0 Å². The minimum Gasteiger partial charge on any atom is -0.339 e. The molecule has 138 valence electrons. The normalized spacial score (nSPS) is 15.8. The molecule has 2 aromatic carbocycles. The fourth-order valence-electron chi connectivity index (χ4n) is 3.41. The lowest BCUT2D eigenvalue weighted by Crippen LogP contribution is -2.38. The first-order valence-electron chi connectivity index (χ1n) is 8.89. The predicted octanol–water partition coefficient (Wildman–Crippen LogP) is 2.82. The SMILES string of the molecule is NS(=O)(=O)c1ccc(C(=O)N2CCC(CCc3ccccc3)CC2)cc1. The number of amides is 1. The number of nitrogens with zero attached hydrogens (tertiary/aromatic N) is 1. The molecule has 2 aromatic rings. The topological polar surface area (TPSA) is 80.5 Å². The summed E-state index contributed by atoms with van der Waals surface area (Å²) >= 11 is 0. The molecule has 0 saturated carbocycles. The Balaban J connectivity index is 1.52. The van der Waals surface area contributed by atoms with Crippen molar-refractivity contribution in [1.82, 2.24) is 4.90 Å². The van der Waals surface area contributed by atoms with Gasteiger partial charge < -0.3 is 4.90 Å². The molecule has 26 heavy (non-hydrogen) atoms. The lowest BCUT2D eigenvalue weighted by molar-refractivity contribution is 0.0687. The van der Waals surface area contributed by atoms with E-state index in [-0.39, 0.29) is 10.8 Å². The Morgan fingerprint density at radius 1 is 1.00 bits per heavy atom. The third-order valence-corrected chi connectivity index (χ3v) is 5.94. The van der Waals surface area contributed by atoms with Crippen molar-refractivity contribution < 1.29 is 13.2 Å². The molecule has 0 atom stereocenters. The van der Waals surface area contributed by atoms with E-state index < -0.39 is 10.0 Å². The number of benzene rings is 2. The summed E-state index contributed by atoms with van der Waals surface area (Å²) in [7, 11) is -3.73. The molecule has 1 amide bonds. The fourth-order valence-corrected chi connectivity index (χ4v) is 3.93. The molecule has 1 fully saturated rings. The van der Waals surface area contributed by atoms with Crippen molar-refractivity contribution in [2.75, 3.05) is 13.1 Å². The standard InChI is InChI=1S/C20H24N2O3S/c21-26(24,25)19-10-8-18(9-11-19)20(23)22-14-12-17(13-15-22)7-6-16-4-2-1-3-5-16/h1-5,8-11,17H,6-7,12-15H2,(H2,21,24,25). The molecular formula is C20H24N2O3S. The van der Waals surface area contributed by atoms with Crippen molar-refractivity contribution >= 4 is 15.9 Å². The molecule has 0 aromatic heterocycles. The zero-order valence-electron chi connectivity index (χ0n) is 14.7. The molecule has 0 bridgehead atoms. The van der Waals surface area contributed by atoms with Crippen LogP contribution < -0.4 is 5.14 Å². The number of hydrogen-bond acceptors (Lipinski definition) is 3. The van der Waals surface area contributed by atoms with Crippen LogP contribution in [0.15, 0.2) is 59.5 Å². The predicted molar refractivity (Wildman–Crippen MR) is 101 cm³/mol. The van der Waals surface area contributed by atoms with Gasteiger partial charge in [-0.25, -0.2) is 13.6 Å². The summed E-state index contributed by atoms with van der Waals surface area (Å²) in [6.45, 7) is 1.49. The highest BCUT2D eigenvalue weighted by molar-refractivity contribution is 7.89. The van der Waals surface area contributed by atoms with Crippen LogP contribution in [0.3, 0.4) is 0 Å². The highest BCUT2D eigenvalue weighted by Crippen LogP contribution is 2.24. The summed E-state index contributed by atoms with van der Waals surface area (Å²) in [6, 6.07) is 16.3. The molecule has 6 heteroatoms. The third-order valence-electron chi connectivity index (χ3n) is 5.02. The summed E-state index contributed by atoms with van der Waals surface area (Å²) < 4.78 is 22.6. The van der Waals surface area contributed by atoms with E-state index in [1.165, 1.54) is 29.8 Å². The fraction of sp³-hybridized carbons (Fsp3) is 0.350. The van der Waals surface area contributed by atoms with Crippen LogP contribution >= 0.6 is 0 Å². The Bertz CT molecular complexity index is 840. The monoisotopic (exact) mass is 372 g/mol. The molecule has 5 nitrogen and oxygen atoms in total. The van der Waals surface area contributed by atoms with Crippen LogP contribution in [0.5, 0.6) is 0 Å². The van der Waals surface area contributed by atoms with E-state index in [1.807, 2.05) is 11.0 Å². The van der Waals surface area contributed by atoms with Crippen LogP contribution in [-0.2, 0) is 16.4 Å². The Morgan fingerprint density at radius 3 is 2.19 bits per heavy atom. The summed E-state index contributed by atoms with van der Waals surface area (Å²) in [4.78, 5) is 14.5. The van der Waals surface area contributed by atoms with Gasteiger partial charge in [0.15, 0.2) is 0 Å². The molecule has 0 spiro atoms. The number of piperidine rings is 1. The van der Waals surface area contributed by atoms with Gasteiger partial charge in [-0.1, -0.05) is 30.3 Å². The van der Waals surface area contributed by atoms with E-state index in [9.17, 15) is 13.2 Å². The number of hydrogen-bond donors (Lipinski definition) is 1. The molecular weight excluding hydrogens is 348 g/mol. The minimum atomic E-state index is -3.73. The summed E-state index contributed by atoms with van der Waals surface area (Å²) in [5.41, 5.74) is 1.86. The lowest BCUT2D eigenvalue weighted by Gasteiger charge is -2.32. The molecule has 3 rings (SSSR count). The average molecular weight is 372 g/mol. The number of primary sulfonamides is 1. The third kappa shape index (κ3) is 4.71. The van der Waals surface area contributed by atoms with E-state index in [1.54, 1.807) is 0 Å². The summed E-state index contributed by atoms with van der Waals surface area (Å²) in [5.74, 6) is 0.594. The van der Waals surface area contributed by atoms with Gasteiger partial charge in [-0.15, -0.1) is 0 Å². The van der Waals surface area contributed by atoms with Gasteiger partial charge in [0.25, 0.3) is 5.91 Å². The second-order valence-electron chi connectivity index (χ2n) is 6.83. The minimum absolute atomic E-state index is 0.0219. The smallest absolute Gasteiger partial charge is 0.253 e. The average Bonchev–Trinajstić information content (AvgIpc) is 2.66. The van der Waals surface area contributed by atoms with Crippen LogP contribution in [-0.4, -0.2) is 32.3 Å². The van der Waals surface area contributed by atoms with E-state index in [4.69, 9.17) is 5.14 Å². The Morgan fingerprint density at radius 2 is 1.62 bits per heavy atom. The molecule has 2 N–H and O–H groups in total. The zero-order valence-corrected chi connectivity index (χ0v) is 15.5. The van der Waals surface area contributed by atoms with Gasteiger partial charge in [-0.3, -0.25) is 4.79 Å². The first-order chi connectivity index (χ1) is 12.4.